The molecule has 0 spiro atoms. The van der Waals surface area contributed by atoms with Crippen LogP contribution < -0.4 is 5.73 Å². The number of nitrogens with two attached hydrogens (primary N) is 1. The molecule has 5 aromatic rings. The van der Waals surface area contributed by atoms with Crippen LogP contribution in [0.3, 0.4) is 0 Å². The van der Waals surface area contributed by atoms with Gasteiger partial charge < -0.3 is 10.8 Å². The molecule has 1 aliphatic rings. The minimum Gasteiger partial charge on any atom is -0.390 e. The van der Waals surface area contributed by atoms with Gasteiger partial charge in [0.25, 0.3) is 0 Å². The molecular weight excluding hydrogens is 432 g/mol. The van der Waals surface area contributed by atoms with Crippen molar-refractivity contribution < 1.29 is 5.11 Å². The summed E-state index contributed by atoms with van der Waals surface area (Å²) < 4.78 is 1.87. The zero-order chi connectivity index (χ0) is 24.2. The zero-order valence-electron chi connectivity index (χ0n) is 19.9. The summed E-state index contributed by atoms with van der Waals surface area (Å²) in [5, 5.41) is 15.1. The van der Waals surface area contributed by atoms with Crippen LogP contribution in [0.15, 0.2) is 91.1 Å². The fraction of sp³-hybridized carbons (Fsp3) is 0.200. The topological polar surface area (TPSA) is 76.4 Å². The summed E-state index contributed by atoms with van der Waals surface area (Å²) in [4.78, 5) is 5.08. The summed E-state index contributed by atoms with van der Waals surface area (Å²) in [7, 11) is 0. The van der Waals surface area contributed by atoms with E-state index in [1.807, 2.05) is 47.8 Å². The van der Waals surface area contributed by atoms with Gasteiger partial charge >= 0.3 is 0 Å². The van der Waals surface area contributed by atoms with E-state index in [1.54, 1.807) is 0 Å². The first-order valence-corrected chi connectivity index (χ1v) is 12.0. The fourth-order valence-electron chi connectivity index (χ4n) is 5.43. The van der Waals surface area contributed by atoms with Crippen LogP contribution in [0.25, 0.3) is 39.3 Å². The molecule has 6 rings (SSSR count). The Morgan fingerprint density at radius 3 is 2.23 bits per heavy atom. The number of hydrogen-bond donors (Lipinski definition) is 2. The number of nitrogens with zero attached hydrogens (tertiary/aromatic N) is 3. The highest BCUT2D eigenvalue weighted by molar-refractivity contribution is 5.82. The van der Waals surface area contributed by atoms with Gasteiger partial charge in [-0.2, -0.15) is 5.10 Å². The predicted molar refractivity (Wildman–Crippen MR) is 140 cm³/mol. The number of rotatable bonds is 4. The van der Waals surface area contributed by atoms with Gasteiger partial charge in [-0.3, -0.25) is 0 Å². The van der Waals surface area contributed by atoms with E-state index in [0.29, 0.717) is 12.8 Å². The maximum atomic E-state index is 10.2. The molecule has 1 fully saturated rings. The molecule has 2 heterocycles. The van der Waals surface area contributed by atoms with Crippen molar-refractivity contribution in [2.24, 2.45) is 5.73 Å². The van der Waals surface area contributed by atoms with E-state index >= 15 is 0 Å². The van der Waals surface area contributed by atoms with E-state index < -0.39 is 11.1 Å². The van der Waals surface area contributed by atoms with E-state index in [2.05, 4.69) is 61.7 Å². The number of aryl methyl sites for hydroxylation is 1. The first-order valence-electron chi connectivity index (χ1n) is 12.0. The Bertz CT molecular complexity index is 1530. The second-order valence-corrected chi connectivity index (χ2v) is 10.1. The SMILES string of the molecule is Cc1ccccc1-c1cc2nc(-c3ccc(C4(N)CC(C)(O)C4)cc3)c(-c3ccccc3)cn2n1. The minimum atomic E-state index is -0.683. The van der Waals surface area contributed by atoms with Crippen LogP contribution in [0.2, 0.25) is 0 Å². The molecule has 1 aliphatic carbocycles. The van der Waals surface area contributed by atoms with Gasteiger partial charge in [-0.25, -0.2) is 9.50 Å². The first-order chi connectivity index (χ1) is 16.8. The Hall–Kier alpha value is -3.80. The highest BCUT2D eigenvalue weighted by Gasteiger charge is 2.49. The van der Waals surface area contributed by atoms with Gasteiger partial charge in [0, 0.05) is 34.5 Å². The van der Waals surface area contributed by atoms with Crippen LogP contribution in [0.1, 0.15) is 30.9 Å². The number of aliphatic hydroxyl groups is 1. The molecule has 5 heteroatoms. The molecular formula is C30H28N4O. The predicted octanol–water partition coefficient (Wildman–Crippen LogP) is 5.74. The van der Waals surface area contributed by atoms with Crippen molar-refractivity contribution in [2.45, 2.75) is 37.8 Å². The molecule has 2 aromatic heterocycles. The normalized spacial score (nSPS) is 21.7. The van der Waals surface area contributed by atoms with Gasteiger partial charge in [0.2, 0.25) is 0 Å². The molecule has 3 aromatic carbocycles. The lowest BCUT2D eigenvalue weighted by molar-refractivity contribution is -0.0738. The van der Waals surface area contributed by atoms with Crippen LogP contribution in [0.5, 0.6) is 0 Å². The standard InChI is InChI=1S/C30H28N4O/c1-20-8-6-7-11-24(20)26-16-27-32-28(25(17-34(27)33-26)21-9-4-3-5-10-21)22-12-14-23(15-13-22)30(31)18-29(2,35)19-30/h3-17,35H,18-19,31H2,1-2H3. The maximum Gasteiger partial charge on any atom is 0.156 e. The largest absolute Gasteiger partial charge is 0.390 e. The van der Waals surface area contributed by atoms with Crippen molar-refractivity contribution in [2.75, 3.05) is 0 Å². The smallest absolute Gasteiger partial charge is 0.156 e. The number of fused-ring (bicyclic) bond motifs is 1. The zero-order valence-corrected chi connectivity index (χ0v) is 19.9. The van der Waals surface area contributed by atoms with Crippen LogP contribution in [0.4, 0.5) is 0 Å². The van der Waals surface area contributed by atoms with Crippen molar-refractivity contribution in [3.8, 4) is 33.6 Å². The summed E-state index contributed by atoms with van der Waals surface area (Å²) in [6, 6.07) is 28.9. The Labute approximate surface area is 204 Å². The van der Waals surface area contributed by atoms with E-state index in [1.165, 1.54) is 5.56 Å². The maximum absolute atomic E-state index is 10.2. The molecule has 3 N–H and O–H groups in total. The van der Waals surface area contributed by atoms with E-state index in [0.717, 1.165) is 44.9 Å². The van der Waals surface area contributed by atoms with E-state index in [9.17, 15) is 5.11 Å². The van der Waals surface area contributed by atoms with Crippen LogP contribution in [0, 0.1) is 6.92 Å². The summed E-state index contributed by atoms with van der Waals surface area (Å²) in [6.07, 6.45) is 3.20. The Morgan fingerprint density at radius 1 is 0.857 bits per heavy atom. The van der Waals surface area contributed by atoms with Crippen molar-refractivity contribution in [1.82, 2.24) is 14.6 Å². The van der Waals surface area contributed by atoms with Crippen molar-refractivity contribution >= 4 is 5.65 Å². The van der Waals surface area contributed by atoms with Crippen molar-refractivity contribution in [3.63, 3.8) is 0 Å². The molecule has 35 heavy (non-hydrogen) atoms. The number of benzene rings is 3. The Kier molecular flexibility index (Phi) is 4.88. The van der Waals surface area contributed by atoms with Gasteiger partial charge in [0.1, 0.15) is 0 Å². The average molecular weight is 461 g/mol. The van der Waals surface area contributed by atoms with Gasteiger partial charge in [-0.1, -0.05) is 78.9 Å². The van der Waals surface area contributed by atoms with Crippen molar-refractivity contribution in [3.05, 3.63) is 102 Å². The average Bonchev–Trinajstić information content (AvgIpc) is 3.26. The minimum absolute atomic E-state index is 0.477. The Morgan fingerprint density at radius 2 is 1.54 bits per heavy atom. The number of hydrogen-bond acceptors (Lipinski definition) is 4. The fourth-order valence-corrected chi connectivity index (χ4v) is 5.43. The molecule has 0 atom stereocenters. The third-order valence-corrected chi connectivity index (χ3v) is 7.08. The second kappa shape index (κ2) is 7.87. The highest BCUT2D eigenvalue weighted by atomic mass is 16.3. The van der Waals surface area contributed by atoms with E-state index in [4.69, 9.17) is 15.8 Å². The third kappa shape index (κ3) is 3.83. The summed E-state index contributed by atoms with van der Waals surface area (Å²) >= 11 is 0. The molecule has 0 saturated heterocycles. The molecule has 0 aliphatic heterocycles. The van der Waals surface area contributed by atoms with Crippen LogP contribution in [-0.2, 0) is 5.54 Å². The molecule has 0 unspecified atom stereocenters. The van der Waals surface area contributed by atoms with Crippen LogP contribution >= 0.6 is 0 Å². The Balaban J connectivity index is 1.47. The first kappa shape index (κ1) is 21.7. The van der Waals surface area contributed by atoms with Gasteiger partial charge in [0.05, 0.1) is 17.0 Å². The second-order valence-electron chi connectivity index (χ2n) is 10.1. The molecule has 5 nitrogen and oxygen atoms in total. The third-order valence-electron chi connectivity index (χ3n) is 7.08. The van der Waals surface area contributed by atoms with Gasteiger partial charge in [0.15, 0.2) is 5.65 Å². The molecule has 0 amide bonds. The summed E-state index contributed by atoms with van der Waals surface area (Å²) in [5.41, 5.74) is 14.5. The number of aromatic nitrogens is 3. The lowest BCUT2D eigenvalue weighted by Crippen LogP contribution is -2.58. The van der Waals surface area contributed by atoms with Gasteiger partial charge in [-0.05, 0) is 43.4 Å². The molecule has 0 radical (unpaired) electrons. The van der Waals surface area contributed by atoms with Crippen LogP contribution in [-0.4, -0.2) is 25.3 Å². The summed E-state index contributed by atoms with van der Waals surface area (Å²) in [5.74, 6) is 0. The van der Waals surface area contributed by atoms with Crippen molar-refractivity contribution in [1.29, 1.82) is 0 Å². The quantitative estimate of drug-likeness (QED) is 0.359. The van der Waals surface area contributed by atoms with E-state index in [-0.39, 0.29) is 0 Å². The summed E-state index contributed by atoms with van der Waals surface area (Å²) in [6.45, 7) is 3.94. The highest BCUT2D eigenvalue weighted by Crippen LogP contribution is 2.46. The van der Waals surface area contributed by atoms with Gasteiger partial charge in [-0.15, -0.1) is 0 Å². The lowest BCUT2D eigenvalue weighted by atomic mass is 9.63. The molecule has 1 saturated carbocycles. The molecule has 0 bridgehead atoms. The molecule has 174 valence electrons. The monoisotopic (exact) mass is 460 g/mol. The lowest BCUT2D eigenvalue weighted by Gasteiger charge is -2.49.